The number of nitrogens with zero attached hydrogens (tertiary/aromatic N) is 1. The van der Waals surface area contributed by atoms with E-state index in [-0.39, 0.29) is 36.0 Å². The maximum Gasteiger partial charge on any atom is 0.243 e. The van der Waals surface area contributed by atoms with Gasteiger partial charge in [0.1, 0.15) is 17.8 Å². The lowest BCUT2D eigenvalue weighted by molar-refractivity contribution is -0.142. The molecular weight excluding hydrogens is 430 g/mol. The van der Waals surface area contributed by atoms with Crippen LogP contribution in [0.1, 0.15) is 69.9 Å². The van der Waals surface area contributed by atoms with Crippen LogP contribution in [0.15, 0.2) is 24.3 Å². The normalized spacial score (nSPS) is 16.7. The fourth-order valence-electron chi connectivity index (χ4n) is 4.62. The van der Waals surface area contributed by atoms with E-state index in [1.165, 1.54) is 4.90 Å². The van der Waals surface area contributed by atoms with Crippen molar-refractivity contribution in [1.82, 2.24) is 15.5 Å². The third-order valence-electron chi connectivity index (χ3n) is 6.57. The fraction of sp³-hybridized carbons (Fsp3) is 0.615. The van der Waals surface area contributed by atoms with E-state index in [0.29, 0.717) is 5.56 Å². The molecule has 5 N–H and O–H groups in total. The number of amidine groups is 1. The molecular formula is C26H41N5O3. The zero-order valence-electron chi connectivity index (χ0n) is 21.0. The highest BCUT2D eigenvalue weighted by molar-refractivity contribution is 6.02. The lowest BCUT2D eigenvalue weighted by Crippen LogP contribution is -2.55. The van der Waals surface area contributed by atoms with E-state index in [0.717, 1.165) is 50.5 Å². The number of hydrogen-bond acceptors (Lipinski definition) is 4. The van der Waals surface area contributed by atoms with Crippen LogP contribution in [0, 0.1) is 17.2 Å². The molecule has 1 aliphatic rings. The van der Waals surface area contributed by atoms with Crippen molar-refractivity contribution in [3.8, 4) is 0 Å². The van der Waals surface area contributed by atoms with Crippen LogP contribution in [0.4, 0.5) is 0 Å². The van der Waals surface area contributed by atoms with E-state index < -0.39 is 17.9 Å². The number of carbonyl (C=O) groups is 3. The van der Waals surface area contributed by atoms with Crippen molar-refractivity contribution in [3.63, 3.8) is 0 Å². The Hall–Kier alpha value is -2.90. The molecule has 0 aromatic heterocycles. The van der Waals surface area contributed by atoms with Gasteiger partial charge >= 0.3 is 0 Å². The van der Waals surface area contributed by atoms with Gasteiger partial charge in [-0.25, -0.2) is 0 Å². The third kappa shape index (κ3) is 7.85. The monoisotopic (exact) mass is 471 g/mol. The smallest absolute Gasteiger partial charge is 0.243 e. The molecule has 1 saturated carbocycles. The first-order chi connectivity index (χ1) is 16.1. The number of carbonyl (C=O) groups excluding carboxylic acids is 3. The summed E-state index contributed by atoms with van der Waals surface area (Å²) >= 11 is 0. The van der Waals surface area contributed by atoms with Crippen LogP contribution in [0.5, 0.6) is 0 Å². The molecule has 2 rings (SSSR count). The molecule has 188 valence electrons. The van der Waals surface area contributed by atoms with Gasteiger partial charge in [0.25, 0.3) is 0 Å². The molecule has 8 nitrogen and oxygen atoms in total. The van der Waals surface area contributed by atoms with Gasteiger partial charge in [-0.3, -0.25) is 19.8 Å². The lowest BCUT2D eigenvalue weighted by Gasteiger charge is -2.32. The van der Waals surface area contributed by atoms with Crippen molar-refractivity contribution >= 4 is 23.6 Å². The molecule has 0 saturated heterocycles. The molecule has 0 heterocycles. The first kappa shape index (κ1) is 27.3. The van der Waals surface area contributed by atoms with Gasteiger partial charge in [-0.1, -0.05) is 56.9 Å². The van der Waals surface area contributed by atoms with Crippen LogP contribution < -0.4 is 16.4 Å². The Morgan fingerprint density at radius 1 is 1.06 bits per heavy atom. The van der Waals surface area contributed by atoms with Crippen LogP contribution in [-0.4, -0.2) is 54.6 Å². The summed E-state index contributed by atoms with van der Waals surface area (Å²) < 4.78 is 0. The maximum atomic E-state index is 13.4. The molecule has 0 aliphatic heterocycles. The minimum absolute atomic E-state index is 0.0273. The Bertz CT molecular complexity index is 846. The molecule has 1 aliphatic carbocycles. The first-order valence-electron chi connectivity index (χ1n) is 12.4. The highest BCUT2D eigenvalue weighted by Crippen LogP contribution is 2.27. The van der Waals surface area contributed by atoms with Gasteiger partial charge in [-0.2, -0.15) is 0 Å². The maximum absolute atomic E-state index is 13.4. The third-order valence-corrected chi connectivity index (χ3v) is 6.57. The van der Waals surface area contributed by atoms with Crippen LogP contribution in [0.3, 0.4) is 0 Å². The molecule has 0 bridgehead atoms. The van der Waals surface area contributed by atoms with Crippen LogP contribution in [0.2, 0.25) is 0 Å². The summed E-state index contributed by atoms with van der Waals surface area (Å²) in [5, 5.41) is 13.6. The lowest BCUT2D eigenvalue weighted by atomic mass is 9.83. The van der Waals surface area contributed by atoms with Gasteiger partial charge in [-0.15, -0.1) is 0 Å². The largest absolute Gasteiger partial charge is 0.384 e. The number of benzene rings is 1. The number of hydrogen-bond donors (Lipinski definition) is 4. The zero-order valence-corrected chi connectivity index (χ0v) is 21.0. The zero-order chi connectivity index (χ0) is 25.3. The van der Waals surface area contributed by atoms with Gasteiger partial charge in [0.15, 0.2) is 0 Å². The van der Waals surface area contributed by atoms with Gasteiger partial charge in [0, 0.05) is 25.7 Å². The van der Waals surface area contributed by atoms with E-state index in [2.05, 4.69) is 17.6 Å². The minimum Gasteiger partial charge on any atom is -0.384 e. The van der Waals surface area contributed by atoms with Crippen molar-refractivity contribution in [1.29, 1.82) is 5.41 Å². The molecule has 1 aromatic carbocycles. The van der Waals surface area contributed by atoms with Crippen molar-refractivity contribution in [3.05, 3.63) is 35.4 Å². The summed E-state index contributed by atoms with van der Waals surface area (Å²) in [7, 11) is 3.25. The second-order valence-corrected chi connectivity index (χ2v) is 9.68. The standard InChI is InChI=1S/C26H41N5O3/c1-5-9-17(2)29-25(33)22(19-10-7-6-8-11-19)30-24(32)21(26(34)31(3)4)16-18-12-14-20(15-13-18)23(27)28/h12-15,17,19,21-22H,5-11,16H2,1-4H3,(H3,27,28)(H,29,33)(H,30,32). The van der Waals surface area contributed by atoms with Gasteiger partial charge < -0.3 is 21.3 Å². The summed E-state index contributed by atoms with van der Waals surface area (Å²) in [6.07, 6.45) is 7.03. The summed E-state index contributed by atoms with van der Waals surface area (Å²) in [4.78, 5) is 41.0. The Kier molecular flexibility index (Phi) is 10.5. The number of nitrogens with one attached hydrogen (secondary N) is 3. The Morgan fingerprint density at radius 2 is 1.68 bits per heavy atom. The predicted octanol–water partition coefficient (Wildman–Crippen LogP) is 2.59. The van der Waals surface area contributed by atoms with Crippen LogP contribution in [-0.2, 0) is 20.8 Å². The van der Waals surface area contributed by atoms with E-state index in [1.54, 1.807) is 38.4 Å². The molecule has 1 fully saturated rings. The van der Waals surface area contributed by atoms with Crippen LogP contribution in [0.25, 0.3) is 0 Å². The van der Waals surface area contributed by atoms with Gasteiger partial charge in [-0.05, 0) is 44.1 Å². The van der Waals surface area contributed by atoms with Crippen LogP contribution >= 0.6 is 0 Å². The fourth-order valence-corrected chi connectivity index (χ4v) is 4.62. The van der Waals surface area contributed by atoms with Crippen molar-refractivity contribution in [2.45, 2.75) is 77.3 Å². The molecule has 3 amide bonds. The van der Waals surface area contributed by atoms with Gasteiger partial charge in [0.2, 0.25) is 17.7 Å². The second-order valence-electron chi connectivity index (χ2n) is 9.68. The van der Waals surface area contributed by atoms with Crippen molar-refractivity contribution in [2.24, 2.45) is 17.6 Å². The summed E-state index contributed by atoms with van der Waals surface area (Å²) in [6.45, 7) is 4.05. The van der Waals surface area contributed by atoms with E-state index in [1.807, 2.05) is 6.92 Å². The summed E-state index contributed by atoms with van der Waals surface area (Å²) in [5.41, 5.74) is 6.90. The summed E-state index contributed by atoms with van der Waals surface area (Å²) in [6, 6.07) is 6.35. The Labute approximate surface area is 203 Å². The Balaban J connectivity index is 2.23. The molecule has 0 spiro atoms. The number of amides is 3. The van der Waals surface area contributed by atoms with Crippen molar-refractivity contribution in [2.75, 3.05) is 14.1 Å². The molecule has 0 radical (unpaired) electrons. The number of rotatable bonds is 11. The van der Waals surface area contributed by atoms with E-state index in [9.17, 15) is 14.4 Å². The highest BCUT2D eigenvalue weighted by atomic mass is 16.2. The first-order valence-corrected chi connectivity index (χ1v) is 12.4. The minimum atomic E-state index is -0.954. The Morgan fingerprint density at radius 3 is 2.21 bits per heavy atom. The van der Waals surface area contributed by atoms with Gasteiger partial charge in [0.05, 0.1) is 0 Å². The topological polar surface area (TPSA) is 128 Å². The molecule has 1 aromatic rings. The summed E-state index contributed by atoms with van der Waals surface area (Å²) in [5.74, 6) is -1.83. The van der Waals surface area contributed by atoms with Crippen molar-refractivity contribution < 1.29 is 14.4 Å². The highest BCUT2D eigenvalue weighted by Gasteiger charge is 2.36. The van der Waals surface area contributed by atoms with E-state index >= 15 is 0 Å². The molecule has 8 heteroatoms. The average Bonchev–Trinajstić information content (AvgIpc) is 2.81. The average molecular weight is 472 g/mol. The quantitative estimate of drug-likeness (QED) is 0.225. The number of nitrogens with two attached hydrogens (primary N) is 1. The second kappa shape index (κ2) is 13.1. The number of nitrogen functional groups attached to an aromatic ring is 1. The van der Waals surface area contributed by atoms with E-state index in [4.69, 9.17) is 11.1 Å². The SMILES string of the molecule is CCCC(C)NC(=O)C(NC(=O)C(Cc1ccc(C(=N)N)cc1)C(=O)N(C)C)C1CCCCC1. The molecule has 3 unspecified atom stereocenters. The predicted molar refractivity (Wildman–Crippen MR) is 134 cm³/mol. The molecule has 3 atom stereocenters. The molecule has 34 heavy (non-hydrogen) atoms.